The number of nitrogens with zero attached hydrogens (tertiary/aromatic N) is 2. The third kappa shape index (κ3) is 1.82. The number of nitrogens with one attached hydrogen (secondary N) is 1. The van der Waals surface area contributed by atoms with Gasteiger partial charge in [0.25, 0.3) is 0 Å². The van der Waals surface area contributed by atoms with Gasteiger partial charge in [-0.05, 0) is 29.7 Å². The van der Waals surface area contributed by atoms with Crippen molar-refractivity contribution in [2.45, 2.75) is 12.0 Å². The molecule has 3 nitrogen and oxygen atoms in total. The summed E-state index contributed by atoms with van der Waals surface area (Å²) >= 11 is 1.85. The van der Waals surface area contributed by atoms with Gasteiger partial charge in [-0.1, -0.05) is 30.2 Å². The average molecular weight is 329 g/mol. The van der Waals surface area contributed by atoms with E-state index in [4.69, 9.17) is 0 Å². The van der Waals surface area contributed by atoms with Gasteiger partial charge in [0.15, 0.2) is 5.82 Å². The van der Waals surface area contributed by atoms with Gasteiger partial charge in [-0.15, -0.1) is 11.3 Å². The molecular formula is C20H15N3S. The monoisotopic (exact) mass is 329 g/mol. The van der Waals surface area contributed by atoms with Gasteiger partial charge in [-0.2, -0.15) is 0 Å². The van der Waals surface area contributed by atoms with Crippen LogP contribution in [-0.4, -0.2) is 12.0 Å². The first-order valence-electron chi connectivity index (χ1n) is 7.93. The highest BCUT2D eigenvalue weighted by Gasteiger charge is 2.38. The standard InChI is InChI=1S/C20H15N3S/c1-23-13-5-10-20(22-15-7-4-12-21-19(15)23)11-9-17-18(20)14-6-2-3-8-16(14)24-17/h2-4,6-9,11-12,22H,10H2,1H3/t20-/m1/s1. The van der Waals surface area contributed by atoms with Gasteiger partial charge < -0.3 is 5.32 Å². The summed E-state index contributed by atoms with van der Waals surface area (Å²) in [7, 11) is 1.95. The minimum Gasteiger partial charge on any atom is -0.368 e. The maximum Gasteiger partial charge on any atom is 0.163 e. The van der Waals surface area contributed by atoms with E-state index in [1.807, 2.05) is 35.5 Å². The Balaban J connectivity index is 1.75. The summed E-state index contributed by atoms with van der Waals surface area (Å²) in [6.07, 6.45) is 7.03. The molecule has 0 saturated heterocycles. The summed E-state index contributed by atoms with van der Waals surface area (Å²) in [4.78, 5) is 7.72. The van der Waals surface area contributed by atoms with Gasteiger partial charge in [0.1, 0.15) is 0 Å². The molecule has 5 rings (SSSR count). The van der Waals surface area contributed by atoms with Crippen LogP contribution in [0.1, 0.15) is 16.9 Å². The lowest BCUT2D eigenvalue weighted by Gasteiger charge is -2.32. The van der Waals surface area contributed by atoms with Crippen molar-refractivity contribution in [3.8, 4) is 12.0 Å². The molecular weight excluding hydrogens is 314 g/mol. The largest absolute Gasteiger partial charge is 0.368 e. The molecule has 0 saturated carbocycles. The SMILES string of the molecule is CN1C#CC[C@]2(C=Cc3sc4ccccc4c32)Nc2cccnc21. The Morgan fingerprint density at radius 1 is 1.25 bits per heavy atom. The molecule has 1 atom stereocenters. The smallest absolute Gasteiger partial charge is 0.163 e. The molecule has 0 bridgehead atoms. The molecule has 0 fully saturated rings. The predicted octanol–water partition coefficient (Wildman–Crippen LogP) is 4.43. The minimum absolute atomic E-state index is 0.291. The molecule has 1 N–H and O–H groups in total. The predicted molar refractivity (Wildman–Crippen MR) is 101 cm³/mol. The summed E-state index contributed by atoms with van der Waals surface area (Å²) < 4.78 is 1.33. The third-order valence-electron chi connectivity index (χ3n) is 4.66. The van der Waals surface area contributed by atoms with Crippen LogP contribution in [0.15, 0.2) is 48.7 Å². The number of pyridine rings is 1. The van der Waals surface area contributed by atoms with Crippen molar-refractivity contribution in [2.24, 2.45) is 0 Å². The number of aromatic nitrogens is 1. The van der Waals surface area contributed by atoms with E-state index in [0.29, 0.717) is 0 Å². The van der Waals surface area contributed by atoms with Crippen molar-refractivity contribution < 1.29 is 0 Å². The molecule has 116 valence electrons. The van der Waals surface area contributed by atoms with Crippen LogP contribution >= 0.6 is 11.3 Å². The number of benzene rings is 1. The number of rotatable bonds is 0. The van der Waals surface area contributed by atoms with E-state index in [1.165, 1.54) is 20.5 Å². The van der Waals surface area contributed by atoms with E-state index < -0.39 is 0 Å². The second-order valence-corrected chi connectivity index (χ2v) is 7.25. The average Bonchev–Trinajstić information content (AvgIpc) is 3.12. The Bertz CT molecular complexity index is 1050. The van der Waals surface area contributed by atoms with Gasteiger partial charge in [0.2, 0.25) is 0 Å². The Kier molecular flexibility index (Phi) is 2.76. The molecule has 2 aliphatic rings. The van der Waals surface area contributed by atoms with E-state index in [2.05, 4.69) is 64.7 Å². The van der Waals surface area contributed by atoms with Crippen molar-refractivity contribution in [3.63, 3.8) is 0 Å². The van der Waals surface area contributed by atoms with E-state index in [1.54, 1.807) is 0 Å². The fourth-order valence-electron chi connectivity index (χ4n) is 3.59. The molecule has 1 aliphatic heterocycles. The highest BCUT2D eigenvalue weighted by Crippen LogP contribution is 2.48. The van der Waals surface area contributed by atoms with Crippen LogP contribution in [-0.2, 0) is 5.54 Å². The van der Waals surface area contributed by atoms with E-state index in [9.17, 15) is 0 Å². The molecule has 3 heterocycles. The van der Waals surface area contributed by atoms with Crippen LogP contribution in [0.25, 0.3) is 16.2 Å². The normalized spacial score (nSPS) is 20.8. The van der Waals surface area contributed by atoms with Gasteiger partial charge in [0.05, 0.1) is 11.2 Å². The molecule has 4 heteroatoms. The fourth-order valence-corrected chi connectivity index (χ4v) is 4.79. The lowest BCUT2D eigenvalue weighted by Crippen LogP contribution is -2.33. The summed E-state index contributed by atoms with van der Waals surface area (Å²) in [5, 5.41) is 5.07. The van der Waals surface area contributed by atoms with Crippen molar-refractivity contribution in [3.05, 3.63) is 59.1 Å². The zero-order valence-electron chi connectivity index (χ0n) is 13.2. The number of fused-ring (bicyclic) bond motifs is 5. The Hall–Kier alpha value is -2.77. The molecule has 24 heavy (non-hydrogen) atoms. The third-order valence-corrected chi connectivity index (χ3v) is 5.80. The topological polar surface area (TPSA) is 28.2 Å². The maximum absolute atomic E-state index is 4.50. The number of anilines is 2. The molecule has 3 aromatic rings. The molecule has 0 radical (unpaired) electrons. The second kappa shape index (κ2) is 4.86. The lowest BCUT2D eigenvalue weighted by atomic mass is 9.88. The van der Waals surface area contributed by atoms with Crippen LogP contribution in [0.4, 0.5) is 11.5 Å². The van der Waals surface area contributed by atoms with Crippen LogP contribution in [0.3, 0.4) is 0 Å². The number of hydrogen-bond donors (Lipinski definition) is 1. The zero-order chi connectivity index (χ0) is 16.1. The van der Waals surface area contributed by atoms with Crippen molar-refractivity contribution in [2.75, 3.05) is 17.3 Å². The van der Waals surface area contributed by atoms with Crippen LogP contribution < -0.4 is 10.2 Å². The van der Waals surface area contributed by atoms with Crippen LogP contribution in [0, 0.1) is 12.0 Å². The molecule has 0 unspecified atom stereocenters. The highest BCUT2D eigenvalue weighted by molar-refractivity contribution is 7.20. The van der Waals surface area contributed by atoms with Gasteiger partial charge >= 0.3 is 0 Å². The zero-order valence-corrected chi connectivity index (χ0v) is 14.0. The summed E-state index contributed by atoms with van der Waals surface area (Å²) in [6, 6.07) is 15.9. The van der Waals surface area contributed by atoms with Crippen molar-refractivity contribution in [1.29, 1.82) is 0 Å². The van der Waals surface area contributed by atoms with Crippen molar-refractivity contribution in [1.82, 2.24) is 4.98 Å². The number of thiophene rings is 1. The van der Waals surface area contributed by atoms with Crippen molar-refractivity contribution >= 4 is 39.0 Å². The Morgan fingerprint density at radius 3 is 3.12 bits per heavy atom. The molecule has 0 amide bonds. The molecule has 1 spiro atoms. The second-order valence-electron chi connectivity index (χ2n) is 6.17. The lowest BCUT2D eigenvalue weighted by molar-refractivity contribution is 0.651. The Labute approximate surface area is 144 Å². The highest BCUT2D eigenvalue weighted by atomic mass is 32.1. The number of hydrogen-bond acceptors (Lipinski definition) is 4. The van der Waals surface area contributed by atoms with E-state index in [-0.39, 0.29) is 5.54 Å². The first kappa shape index (κ1) is 13.6. The Morgan fingerprint density at radius 2 is 2.17 bits per heavy atom. The molecule has 1 aromatic carbocycles. The first-order valence-corrected chi connectivity index (χ1v) is 8.75. The van der Waals surface area contributed by atoms with E-state index >= 15 is 0 Å². The fraction of sp³-hybridized carbons (Fsp3) is 0.150. The summed E-state index contributed by atoms with van der Waals surface area (Å²) in [5.41, 5.74) is 2.07. The molecule has 1 aliphatic carbocycles. The first-order chi connectivity index (χ1) is 11.8. The molecule has 2 aromatic heterocycles. The van der Waals surface area contributed by atoms with E-state index in [0.717, 1.165) is 17.9 Å². The van der Waals surface area contributed by atoms with Crippen LogP contribution in [0.2, 0.25) is 0 Å². The maximum atomic E-state index is 4.50. The summed E-state index contributed by atoms with van der Waals surface area (Å²) in [6.45, 7) is 0. The van der Waals surface area contributed by atoms with Gasteiger partial charge in [0, 0.05) is 40.9 Å². The van der Waals surface area contributed by atoms with Gasteiger partial charge in [-0.25, -0.2) is 4.98 Å². The van der Waals surface area contributed by atoms with Crippen LogP contribution in [0.5, 0.6) is 0 Å². The minimum atomic E-state index is -0.291. The van der Waals surface area contributed by atoms with Gasteiger partial charge in [-0.3, -0.25) is 4.90 Å². The quantitative estimate of drug-likeness (QED) is 0.618. The summed E-state index contributed by atoms with van der Waals surface area (Å²) in [5.74, 6) is 4.20.